The first-order valence-corrected chi connectivity index (χ1v) is 8.44. The van der Waals surface area contributed by atoms with Crippen molar-refractivity contribution in [1.82, 2.24) is 5.43 Å². The smallest absolute Gasteiger partial charge is 0.343 e. The average molecular weight is 383 g/mol. The molecule has 0 fully saturated rings. The molecule has 0 aliphatic carbocycles. The van der Waals surface area contributed by atoms with E-state index in [0.717, 1.165) is 5.56 Å². The van der Waals surface area contributed by atoms with Gasteiger partial charge in [-0.2, -0.15) is 5.10 Å². The highest BCUT2D eigenvalue weighted by Crippen LogP contribution is 2.11. The number of hydrogen-bond acceptors (Lipinski definition) is 6. The van der Waals surface area contributed by atoms with E-state index in [4.69, 9.17) is 4.74 Å². The molecule has 0 atom stereocenters. The molecule has 0 unspecified atom stereocenters. The van der Waals surface area contributed by atoms with Crippen LogP contribution in [0.1, 0.15) is 17.5 Å². The molecule has 2 aromatic carbocycles. The lowest BCUT2D eigenvalue weighted by Crippen LogP contribution is -2.24. The van der Waals surface area contributed by atoms with Gasteiger partial charge in [0.25, 0.3) is 0 Å². The number of anilines is 1. The monoisotopic (exact) mass is 383 g/mol. The Morgan fingerprint density at radius 2 is 1.68 bits per heavy atom. The lowest BCUT2D eigenvalue weighted by molar-refractivity contribution is -0.143. The first kappa shape index (κ1) is 20.6. The Morgan fingerprint density at radius 1 is 1.00 bits per heavy atom. The molecule has 0 aliphatic heterocycles. The van der Waals surface area contributed by atoms with Gasteiger partial charge in [0.1, 0.15) is 12.2 Å². The van der Waals surface area contributed by atoms with Crippen molar-refractivity contribution in [3.05, 3.63) is 59.7 Å². The third-order valence-corrected chi connectivity index (χ3v) is 3.52. The van der Waals surface area contributed by atoms with E-state index in [1.54, 1.807) is 36.4 Å². The Morgan fingerprint density at radius 3 is 2.32 bits per heavy atom. The van der Waals surface area contributed by atoms with Gasteiger partial charge in [-0.05, 0) is 48.9 Å². The lowest BCUT2D eigenvalue weighted by atomic mass is 10.2. The van der Waals surface area contributed by atoms with E-state index < -0.39 is 17.8 Å². The number of methoxy groups -OCH3 is 1. The zero-order valence-corrected chi connectivity index (χ0v) is 15.6. The second-order valence-corrected chi connectivity index (χ2v) is 5.82. The van der Waals surface area contributed by atoms with E-state index >= 15 is 0 Å². The molecule has 28 heavy (non-hydrogen) atoms. The summed E-state index contributed by atoms with van der Waals surface area (Å²) >= 11 is 0. The summed E-state index contributed by atoms with van der Waals surface area (Å²) in [6.07, 6.45) is 1.09. The van der Waals surface area contributed by atoms with Crippen LogP contribution in [0.2, 0.25) is 0 Å². The number of amides is 2. The Labute approximate surface area is 162 Å². The van der Waals surface area contributed by atoms with Gasteiger partial charge < -0.3 is 14.8 Å². The van der Waals surface area contributed by atoms with Crippen molar-refractivity contribution in [1.29, 1.82) is 0 Å². The molecule has 0 heterocycles. The second-order valence-electron chi connectivity index (χ2n) is 5.82. The van der Waals surface area contributed by atoms with Gasteiger partial charge in [0.2, 0.25) is 11.8 Å². The van der Waals surface area contributed by atoms with Crippen LogP contribution < -0.4 is 15.5 Å². The fraction of sp³-hybridized carbons (Fsp3) is 0.200. The lowest BCUT2D eigenvalue weighted by Gasteiger charge is -2.05. The number of hydrazone groups is 1. The summed E-state index contributed by atoms with van der Waals surface area (Å²) in [7, 11) is 1.28. The van der Waals surface area contributed by atoms with E-state index in [1.165, 1.54) is 13.3 Å². The van der Waals surface area contributed by atoms with Gasteiger partial charge in [0.05, 0.1) is 13.3 Å². The maximum atomic E-state index is 11.8. The summed E-state index contributed by atoms with van der Waals surface area (Å²) in [6.45, 7) is 1.77. The predicted molar refractivity (Wildman–Crippen MR) is 104 cm³/mol. The van der Waals surface area contributed by atoms with Crippen LogP contribution in [0.3, 0.4) is 0 Å². The molecule has 0 saturated heterocycles. The van der Waals surface area contributed by atoms with Crippen LogP contribution in [0, 0.1) is 6.92 Å². The third kappa shape index (κ3) is 7.28. The van der Waals surface area contributed by atoms with E-state index in [1.807, 2.05) is 19.1 Å². The maximum Gasteiger partial charge on any atom is 0.343 e. The van der Waals surface area contributed by atoms with E-state index in [-0.39, 0.29) is 13.0 Å². The molecule has 0 saturated carbocycles. The number of rotatable bonds is 8. The van der Waals surface area contributed by atoms with Crippen molar-refractivity contribution in [2.24, 2.45) is 5.10 Å². The molecule has 2 amide bonds. The fourth-order valence-electron chi connectivity index (χ4n) is 2.06. The Balaban J connectivity index is 1.75. The molecule has 146 valence electrons. The van der Waals surface area contributed by atoms with Crippen molar-refractivity contribution in [3.63, 3.8) is 0 Å². The highest BCUT2D eigenvalue weighted by atomic mass is 16.6. The van der Waals surface area contributed by atoms with E-state index in [2.05, 4.69) is 20.6 Å². The van der Waals surface area contributed by atoms with Crippen molar-refractivity contribution in [2.45, 2.75) is 13.3 Å². The van der Waals surface area contributed by atoms with Crippen LogP contribution in [-0.2, 0) is 19.1 Å². The number of carbonyl (C=O) groups is 3. The Hall–Kier alpha value is -3.68. The van der Waals surface area contributed by atoms with Crippen LogP contribution in [0.25, 0.3) is 0 Å². The number of nitrogens with one attached hydrogen (secondary N) is 2. The SMILES string of the molecule is COC(=O)COc1ccc(C=NNC(=O)CC(=O)Nc2ccc(C)cc2)cc1. The minimum Gasteiger partial charge on any atom is -0.482 e. The first-order chi connectivity index (χ1) is 13.5. The molecule has 8 nitrogen and oxygen atoms in total. The normalized spacial score (nSPS) is 10.4. The topological polar surface area (TPSA) is 106 Å². The summed E-state index contributed by atoms with van der Waals surface area (Å²) in [5.41, 5.74) is 4.70. The van der Waals surface area contributed by atoms with Crippen LogP contribution in [0.4, 0.5) is 5.69 Å². The Bertz CT molecular complexity index is 845. The molecule has 0 spiro atoms. The van der Waals surface area contributed by atoms with Crippen LogP contribution in [0.15, 0.2) is 53.6 Å². The number of nitrogens with zero attached hydrogens (tertiary/aromatic N) is 1. The number of benzene rings is 2. The Kier molecular flexibility index (Phi) is 7.71. The van der Waals surface area contributed by atoms with Gasteiger partial charge in [0, 0.05) is 5.69 Å². The number of hydrogen-bond donors (Lipinski definition) is 2. The molecule has 0 aromatic heterocycles. The number of ether oxygens (including phenoxy) is 2. The zero-order chi connectivity index (χ0) is 20.4. The van der Waals surface area contributed by atoms with Crippen LogP contribution in [0.5, 0.6) is 5.75 Å². The summed E-state index contributed by atoms with van der Waals surface area (Å²) in [6, 6.07) is 14.0. The molecule has 0 aliphatic rings. The highest BCUT2D eigenvalue weighted by Gasteiger charge is 2.08. The van der Waals surface area contributed by atoms with Crippen LogP contribution in [-0.4, -0.2) is 37.7 Å². The maximum absolute atomic E-state index is 11.8. The molecular weight excluding hydrogens is 362 g/mol. The van der Waals surface area contributed by atoms with Gasteiger partial charge in [-0.15, -0.1) is 0 Å². The summed E-state index contributed by atoms with van der Waals surface area (Å²) in [5, 5.41) is 6.45. The van der Waals surface area contributed by atoms with Crippen LogP contribution >= 0.6 is 0 Å². The molecule has 8 heteroatoms. The van der Waals surface area contributed by atoms with Crippen molar-refractivity contribution < 1.29 is 23.9 Å². The molecule has 2 rings (SSSR count). The van der Waals surface area contributed by atoms with Gasteiger partial charge in [-0.1, -0.05) is 17.7 Å². The van der Waals surface area contributed by atoms with E-state index in [0.29, 0.717) is 17.0 Å². The van der Waals surface area contributed by atoms with Gasteiger partial charge in [-0.25, -0.2) is 10.2 Å². The van der Waals surface area contributed by atoms with Crippen molar-refractivity contribution >= 4 is 29.7 Å². The van der Waals surface area contributed by atoms with Crippen molar-refractivity contribution in [3.8, 4) is 5.75 Å². The quantitative estimate of drug-likeness (QED) is 0.314. The average Bonchev–Trinajstić information content (AvgIpc) is 2.68. The largest absolute Gasteiger partial charge is 0.482 e. The number of carbonyl (C=O) groups excluding carboxylic acids is 3. The molecule has 2 aromatic rings. The number of esters is 1. The summed E-state index contributed by atoms with van der Waals surface area (Å²) in [5.74, 6) is -0.929. The predicted octanol–water partition coefficient (Wildman–Crippen LogP) is 2.03. The first-order valence-electron chi connectivity index (χ1n) is 8.44. The summed E-state index contributed by atoms with van der Waals surface area (Å²) in [4.78, 5) is 34.6. The molecule has 0 bridgehead atoms. The fourth-order valence-corrected chi connectivity index (χ4v) is 2.06. The van der Waals surface area contributed by atoms with Crippen molar-refractivity contribution in [2.75, 3.05) is 19.0 Å². The van der Waals surface area contributed by atoms with Gasteiger partial charge >= 0.3 is 5.97 Å². The molecular formula is C20H21N3O5. The third-order valence-electron chi connectivity index (χ3n) is 3.52. The van der Waals surface area contributed by atoms with E-state index in [9.17, 15) is 14.4 Å². The van der Waals surface area contributed by atoms with Gasteiger partial charge in [0.15, 0.2) is 6.61 Å². The minimum absolute atomic E-state index is 0.176. The zero-order valence-electron chi connectivity index (χ0n) is 15.6. The highest BCUT2D eigenvalue weighted by molar-refractivity contribution is 6.03. The second kappa shape index (κ2) is 10.5. The minimum atomic E-state index is -0.529. The molecule has 0 radical (unpaired) electrons. The number of aryl methyl sites for hydroxylation is 1. The molecule has 2 N–H and O–H groups in total. The standard InChI is InChI=1S/C20H21N3O5/c1-14-3-7-16(8-4-14)22-18(24)11-19(25)23-21-12-15-5-9-17(10-6-15)28-13-20(26)27-2/h3-10,12H,11,13H2,1-2H3,(H,22,24)(H,23,25). The van der Waals surface area contributed by atoms with Gasteiger partial charge in [-0.3, -0.25) is 9.59 Å². The summed E-state index contributed by atoms with van der Waals surface area (Å²) < 4.78 is 9.70.